The summed E-state index contributed by atoms with van der Waals surface area (Å²) in [7, 11) is 0. The number of phenolic OH excluding ortho intramolecular Hbond substituents is 1. The molecule has 0 atom stereocenters. The van der Waals surface area contributed by atoms with Gasteiger partial charge in [-0.1, -0.05) is 6.07 Å². The molecule has 4 rings (SSSR count). The van der Waals surface area contributed by atoms with Gasteiger partial charge in [0.1, 0.15) is 11.5 Å². The number of fused-ring (bicyclic) bond motifs is 2. The van der Waals surface area contributed by atoms with Gasteiger partial charge >= 0.3 is 0 Å². The molecule has 0 radical (unpaired) electrons. The van der Waals surface area contributed by atoms with Crippen molar-refractivity contribution in [1.82, 2.24) is 0 Å². The number of rotatable bonds is 1. The van der Waals surface area contributed by atoms with Crippen molar-refractivity contribution >= 4 is 11.9 Å². The maximum atomic E-state index is 12.4. The second kappa shape index (κ2) is 4.53. The molecule has 2 aromatic rings. The molecule has 0 saturated heterocycles. The van der Waals surface area contributed by atoms with Gasteiger partial charge < -0.3 is 19.3 Å². The van der Waals surface area contributed by atoms with Crippen molar-refractivity contribution in [2.75, 3.05) is 6.79 Å². The highest BCUT2D eigenvalue weighted by atomic mass is 16.7. The normalized spacial score (nSPS) is 16.8. The molecule has 2 aliphatic rings. The SMILES string of the molecule is Cc1c(O)ccc2c1O/C(=C/c1ccc3c(c1)OCO3)C2=O. The van der Waals surface area contributed by atoms with Crippen LogP contribution in [0.15, 0.2) is 36.1 Å². The molecule has 0 aromatic heterocycles. The third kappa shape index (κ3) is 1.83. The van der Waals surface area contributed by atoms with Gasteiger partial charge in [-0.05, 0) is 42.8 Å². The van der Waals surface area contributed by atoms with Gasteiger partial charge in [0.25, 0.3) is 0 Å². The van der Waals surface area contributed by atoms with E-state index in [1.165, 1.54) is 6.07 Å². The highest BCUT2D eigenvalue weighted by Gasteiger charge is 2.29. The second-order valence-corrected chi connectivity index (χ2v) is 5.14. The van der Waals surface area contributed by atoms with Gasteiger partial charge in [0.15, 0.2) is 17.3 Å². The van der Waals surface area contributed by atoms with Crippen molar-refractivity contribution in [1.29, 1.82) is 0 Å². The van der Waals surface area contributed by atoms with Crippen molar-refractivity contribution in [2.24, 2.45) is 0 Å². The summed E-state index contributed by atoms with van der Waals surface area (Å²) in [5.41, 5.74) is 1.80. The molecular formula is C17H12O5. The predicted molar refractivity (Wildman–Crippen MR) is 78.3 cm³/mol. The van der Waals surface area contributed by atoms with Crippen molar-refractivity contribution in [3.63, 3.8) is 0 Å². The molecule has 0 spiro atoms. The minimum Gasteiger partial charge on any atom is -0.508 e. The number of Topliss-reactive ketones (excluding diaryl/α,β-unsaturated/α-hetero) is 1. The number of phenols is 1. The van der Waals surface area contributed by atoms with Gasteiger partial charge in [0.05, 0.1) is 5.56 Å². The molecule has 2 aliphatic heterocycles. The fraction of sp³-hybridized carbons (Fsp3) is 0.118. The first-order chi connectivity index (χ1) is 10.6. The fourth-order valence-corrected chi connectivity index (χ4v) is 2.53. The number of hydrogen-bond acceptors (Lipinski definition) is 5. The van der Waals surface area contributed by atoms with Crippen molar-refractivity contribution < 1.29 is 24.1 Å². The van der Waals surface area contributed by atoms with Crippen LogP contribution in [0.2, 0.25) is 0 Å². The monoisotopic (exact) mass is 296 g/mol. The largest absolute Gasteiger partial charge is 0.508 e. The second-order valence-electron chi connectivity index (χ2n) is 5.14. The molecule has 5 heteroatoms. The Hall–Kier alpha value is -2.95. The first-order valence-electron chi connectivity index (χ1n) is 6.80. The lowest BCUT2D eigenvalue weighted by molar-refractivity contribution is 0.101. The molecule has 0 unspecified atom stereocenters. The fourth-order valence-electron chi connectivity index (χ4n) is 2.53. The Morgan fingerprint density at radius 1 is 1.14 bits per heavy atom. The summed E-state index contributed by atoms with van der Waals surface area (Å²) in [6.07, 6.45) is 1.65. The van der Waals surface area contributed by atoms with E-state index in [4.69, 9.17) is 14.2 Å². The van der Waals surface area contributed by atoms with Gasteiger partial charge in [-0.2, -0.15) is 0 Å². The number of benzene rings is 2. The molecule has 1 N–H and O–H groups in total. The quantitative estimate of drug-likeness (QED) is 0.819. The third-order valence-electron chi connectivity index (χ3n) is 3.75. The van der Waals surface area contributed by atoms with E-state index in [1.54, 1.807) is 31.2 Å². The van der Waals surface area contributed by atoms with Crippen LogP contribution in [0.1, 0.15) is 21.5 Å². The highest BCUT2D eigenvalue weighted by molar-refractivity contribution is 6.14. The van der Waals surface area contributed by atoms with Crippen LogP contribution in [-0.2, 0) is 0 Å². The zero-order valence-corrected chi connectivity index (χ0v) is 11.8. The third-order valence-corrected chi connectivity index (χ3v) is 3.75. The molecule has 5 nitrogen and oxygen atoms in total. The average Bonchev–Trinajstić information content (AvgIpc) is 3.09. The first kappa shape index (κ1) is 12.8. The number of allylic oxidation sites excluding steroid dienone is 1. The molecule has 0 saturated carbocycles. The van der Waals surface area contributed by atoms with Gasteiger partial charge in [-0.3, -0.25) is 4.79 Å². The molecule has 0 bridgehead atoms. The first-order valence-corrected chi connectivity index (χ1v) is 6.80. The van der Waals surface area contributed by atoms with E-state index in [-0.39, 0.29) is 24.1 Å². The molecule has 0 amide bonds. The van der Waals surface area contributed by atoms with Crippen molar-refractivity contribution in [2.45, 2.75) is 6.92 Å². The summed E-state index contributed by atoms with van der Waals surface area (Å²) in [6, 6.07) is 8.47. The molecule has 2 aromatic carbocycles. The Morgan fingerprint density at radius 3 is 2.82 bits per heavy atom. The smallest absolute Gasteiger partial charge is 0.231 e. The molecule has 2 heterocycles. The van der Waals surface area contributed by atoms with Crippen molar-refractivity contribution in [3.8, 4) is 23.0 Å². The number of ketones is 1. The number of hydrogen-bond donors (Lipinski definition) is 1. The van der Waals surface area contributed by atoms with E-state index in [1.807, 2.05) is 6.07 Å². The number of carbonyl (C=O) groups is 1. The van der Waals surface area contributed by atoms with E-state index in [0.29, 0.717) is 28.4 Å². The van der Waals surface area contributed by atoms with Crippen LogP contribution in [0.25, 0.3) is 6.08 Å². The van der Waals surface area contributed by atoms with Gasteiger partial charge in [-0.15, -0.1) is 0 Å². The Balaban J connectivity index is 1.73. The predicted octanol–water partition coefficient (Wildman–Crippen LogP) is 3.05. The molecular weight excluding hydrogens is 284 g/mol. The highest BCUT2D eigenvalue weighted by Crippen LogP contribution is 2.39. The van der Waals surface area contributed by atoms with E-state index >= 15 is 0 Å². The lowest BCUT2D eigenvalue weighted by Crippen LogP contribution is -1.97. The number of ether oxygens (including phenoxy) is 3. The molecule has 0 fully saturated rings. The van der Waals surface area contributed by atoms with E-state index in [9.17, 15) is 9.90 Å². The van der Waals surface area contributed by atoms with Crippen LogP contribution < -0.4 is 14.2 Å². The summed E-state index contributed by atoms with van der Waals surface area (Å²) in [6.45, 7) is 1.92. The van der Waals surface area contributed by atoms with Crippen LogP contribution in [0.5, 0.6) is 23.0 Å². The number of carbonyl (C=O) groups excluding carboxylic acids is 1. The van der Waals surface area contributed by atoms with Gasteiger partial charge in [0, 0.05) is 5.56 Å². The Kier molecular flexibility index (Phi) is 2.63. The van der Waals surface area contributed by atoms with E-state index in [2.05, 4.69) is 0 Å². The molecule has 0 aliphatic carbocycles. The minimum absolute atomic E-state index is 0.107. The zero-order chi connectivity index (χ0) is 15.3. The van der Waals surface area contributed by atoms with Crippen LogP contribution in [0, 0.1) is 6.92 Å². The van der Waals surface area contributed by atoms with E-state index < -0.39 is 0 Å². The summed E-state index contributed by atoms with van der Waals surface area (Å²) in [5.74, 6) is 1.88. The lowest BCUT2D eigenvalue weighted by Gasteiger charge is -2.04. The van der Waals surface area contributed by atoms with Crippen LogP contribution in [0.4, 0.5) is 0 Å². The van der Waals surface area contributed by atoms with Crippen LogP contribution >= 0.6 is 0 Å². The maximum Gasteiger partial charge on any atom is 0.231 e. The van der Waals surface area contributed by atoms with Gasteiger partial charge in [0.2, 0.25) is 12.6 Å². The number of aromatic hydroxyl groups is 1. The zero-order valence-electron chi connectivity index (χ0n) is 11.8. The Bertz CT molecular complexity index is 835. The maximum absolute atomic E-state index is 12.4. The summed E-state index contributed by atoms with van der Waals surface area (Å²) in [5, 5.41) is 9.71. The summed E-state index contributed by atoms with van der Waals surface area (Å²) in [4.78, 5) is 12.4. The Morgan fingerprint density at radius 2 is 1.95 bits per heavy atom. The van der Waals surface area contributed by atoms with Gasteiger partial charge in [-0.25, -0.2) is 0 Å². The standard InChI is InChI=1S/C17H12O5/c1-9-12(18)4-3-11-16(19)15(22-17(9)11)7-10-2-5-13-14(6-10)21-8-20-13/h2-7,18H,8H2,1H3/b15-7+. The van der Waals surface area contributed by atoms with E-state index in [0.717, 1.165) is 5.56 Å². The molecule has 22 heavy (non-hydrogen) atoms. The van der Waals surface area contributed by atoms with Crippen LogP contribution in [0.3, 0.4) is 0 Å². The average molecular weight is 296 g/mol. The summed E-state index contributed by atoms with van der Waals surface area (Å²) < 4.78 is 16.2. The Labute approximate surface area is 126 Å². The van der Waals surface area contributed by atoms with Crippen molar-refractivity contribution in [3.05, 3.63) is 52.8 Å². The minimum atomic E-state index is -0.198. The summed E-state index contributed by atoms with van der Waals surface area (Å²) >= 11 is 0. The lowest BCUT2D eigenvalue weighted by atomic mass is 10.1. The topological polar surface area (TPSA) is 65.0 Å². The molecule has 110 valence electrons. The van der Waals surface area contributed by atoms with Crippen LogP contribution in [-0.4, -0.2) is 17.7 Å².